The van der Waals surface area contributed by atoms with E-state index in [1.807, 2.05) is 5.38 Å². The maximum Gasteiger partial charge on any atom is 0.246 e. The molecule has 1 aliphatic carbocycles. The molecule has 0 spiro atoms. The smallest absolute Gasteiger partial charge is 0.246 e. The fourth-order valence-electron chi connectivity index (χ4n) is 2.69. The van der Waals surface area contributed by atoms with Crippen LogP contribution in [-0.4, -0.2) is 42.9 Å². The van der Waals surface area contributed by atoms with E-state index in [4.69, 9.17) is 4.74 Å². The van der Waals surface area contributed by atoms with E-state index >= 15 is 0 Å². The highest BCUT2D eigenvalue weighted by molar-refractivity contribution is 7.13. The summed E-state index contributed by atoms with van der Waals surface area (Å²) >= 11 is 1.59. The van der Waals surface area contributed by atoms with Gasteiger partial charge in [-0.2, -0.15) is 5.10 Å². The van der Waals surface area contributed by atoms with Crippen LogP contribution in [0.5, 0.6) is 0 Å². The Kier molecular flexibility index (Phi) is 5.39. The Morgan fingerprint density at radius 3 is 2.86 bits per heavy atom. The number of rotatable bonds is 4. The van der Waals surface area contributed by atoms with E-state index in [1.54, 1.807) is 11.3 Å². The lowest BCUT2D eigenvalue weighted by Gasteiger charge is -2.26. The van der Waals surface area contributed by atoms with E-state index in [0.717, 1.165) is 55.7 Å². The molecule has 0 unspecified atom stereocenters. The minimum absolute atomic E-state index is 0.0862. The molecule has 1 aromatic heterocycles. The Hall–Kier alpha value is -1.47. The number of ether oxygens (including phenoxy) is 1. The number of nitrogens with zero attached hydrogens (tertiary/aromatic N) is 3. The second-order valence-corrected chi connectivity index (χ2v) is 6.51. The van der Waals surface area contributed by atoms with Crippen LogP contribution in [0.1, 0.15) is 37.8 Å². The number of amides is 1. The molecule has 2 heterocycles. The second kappa shape index (κ2) is 7.69. The summed E-state index contributed by atoms with van der Waals surface area (Å²) in [6, 6.07) is 0. The van der Waals surface area contributed by atoms with Gasteiger partial charge in [-0.05, 0) is 25.7 Å². The second-order valence-electron chi connectivity index (χ2n) is 5.67. The van der Waals surface area contributed by atoms with E-state index < -0.39 is 0 Å². The van der Waals surface area contributed by atoms with Crippen LogP contribution in [-0.2, 0) is 16.0 Å². The quantitative estimate of drug-likeness (QED) is 0.861. The summed E-state index contributed by atoms with van der Waals surface area (Å²) in [5.74, 6) is -0.0862. The van der Waals surface area contributed by atoms with Gasteiger partial charge in [0.25, 0.3) is 0 Å². The number of aromatic nitrogens is 1. The van der Waals surface area contributed by atoms with Crippen LogP contribution in [0.15, 0.2) is 10.5 Å². The van der Waals surface area contributed by atoms with Crippen LogP contribution in [0, 0.1) is 0 Å². The van der Waals surface area contributed by atoms with Crippen LogP contribution in [0.2, 0.25) is 0 Å². The molecule has 1 N–H and O–H groups in total. The van der Waals surface area contributed by atoms with Crippen molar-refractivity contribution in [3.8, 4) is 0 Å². The molecule has 22 heavy (non-hydrogen) atoms. The molecule has 1 aliphatic heterocycles. The Labute approximate surface area is 134 Å². The maximum atomic E-state index is 12.0. The Bertz CT molecular complexity index is 529. The van der Waals surface area contributed by atoms with Gasteiger partial charge in [0.15, 0.2) is 5.13 Å². The summed E-state index contributed by atoms with van der Waals surface area (Å²) < 4.78 is 5.34. The third-order valence-electron chi connectivity index (χ3n) is 3.93. The van der Waals surface area contributed by atoms with Gasteiger partial charge in [-0.15, -0.1) is 11.3 Å². The molecule has 6 nitrogen and oxygen atoms in total. The zero-order valence-corrected chi connectivity index (χ0v) is 13.5. The van der Waals surface area contributed by atoms with Gasteiger partial charge in [-0.25, -0.2) is 10.4 Å². The molecular weight excluding hydrogens is 300 g/mol. The summed E-state index contributed by atoms with van der Waals surface area (Å²) in [4.78, 5) is 18.7. The number of anilines is 1. The minimum atomic E-state index is -0.0862. The van der Waals surface area contributed by atoms with Crippen molar-refractivity contribution in [2.24, 2.45) is 5.10 Å². The van der Waals surface area contributed by atoms with Crippen molar-refractivity contribution in [1.82, 2.24) is 10.4 Å². The highest BCUT2D eigenvalue weighted by Crippen LogP contribution is 2.21. The Balaban J connectivity index is 1.50. The van der Waals surface area contributed by atoms with Gasteiger partial charge in [0.1, 0.15) is 0 Å². The topological polar surface area (TPSA) is 66.8 Å². The third kappa shape index (κ3) is 4.27. The van der Waals surface area contributed by atoms with Crippen LogP contribution >= 0.6 is 11.3 Å². The van der Waals surface area contributed by atoms with E-state index in [1.165, 1.54) is 19.3 Å². The van der Waals surface area contributed by atoms with Gasteiger partial charge in [0.05, 0.1) is 25.3 Å². The summed E-state index contributed by atoms with van der Waals surface area (Å²) in [7, 11) is 0. The van der Waals surface area contributed by atoms with Crippen LogP contribution in [0.4, 0.5) is 5.13 Å². The molecule has 0 atom stereocenters. The monoisotopic (exact) mass is 322 g/mol. The number of carbonyl (C=O) groups excluding carboxylic acids is 1. The first-order valence-electron chi connectivity index (χ1n) is 7.92. The third-order valence-corrected chi connectivity index (χ3v) is 4.88. The van der Waals surface area contributed by atoms with Gasteiger partial charge in [0.2, 0.25) is 5.91 Å². The summed E-state index contributed by atoms with van der Waals surface area (Å²) in [5.41, 5.74) is 4.60. The number of hydrogen-bond donors (Lipinski definition) is 1. The molecular formula is C15H22N4O2S. The van der Waals surface area contributed by atoms with E-state index in [9.17, 15) is 4.79 Å². The van der Waals surface area contributed by atoms with Gasteiger partial charge in [0, 0.05) is 24.2 Å². The number of nitrogens with one attached hydrogen (secondary N) is 1. The number of hydrogen-bond acceptors (Lipinski definition) is 6. The number of thiazole rings is 1. The molecule has 120 valence electrons. The number of carbonyl (C=O) groups is 1. The van der Waals surface area contributed by atoms with Crippen LogP contribution in [0.25, 0.3) is 0 Å². The molecule has 2 fully saturated rings. The Morgan fingerprint density at radius 1 is 1.32 bits per heavy atom. The minimum Gasteiger partial charge on any atom is -0.378 e. The SMILES string of the molecule is O=C(Cc1csc(N2CCOCC2)n1)NN=C1CCCCC1. The average molecular weight is 322 g/mol. The fourth-order valence-corrected chi connectivity index (χ4v) is 3.57. The fraction of sp³-hybridized carbons (Fsp3) is 0.667. The van der Waals surface area contributed by atoms with Crippen molar-refractivity contribution >= 4 is 28.1 Å². The zero-order chi connectivity index (χ0) is 15.2. The van der Waals surface area contributed by atoms with Crippen molar-refractivity contribution in [3.63, 3.8) is 0 Å². The lowest BCUT2D eigenvalue weighted by atomic mass is 9.99. The lowest BCUT2D eigenvalue weighted by molar-refractivity contribution is -0.120. The van der Waals surface area contributed by atoms with Crippen molar-refractivity contribution in [2.45, 2.75) is 38.5 Å². The molecule has 0 radical (unpaired) electrons. The Morgan fingerprint density at radius 2 is 2.09 bits per heavy atom. The van der Waals surface area contributed by atoms with Crippen molar-refractivity contribution in [1.29, 1.82) is 0 Å². The van der Waals surface area contributed by atoms with Crippen molar-refractivity contribution in [3.05, 3.63) is 11.1 Å². The van der Waals surface area contributed by atoms with Gasteiger partial charge in [-0.3, -0.25) is 4.79 Å². The van der Waals surface area contributed by atoms with E-state index in [0.29, 0.717) is 0 Å². The molecule has 3 rings (SSSR count). The molecule has 1 saturated carbocycles. The zero-order valence-electron chi connectivity index (χ0n) is 12.7. The maximum absolute atomic E-state index is 12.0. The first-order valence-corrected chi connectivity index (χ1v) is 8.80. The summed E-state index contributed by atoms with van der Waals surface area (Å²) in [6.45, 7) is 3.22. The number of morpholine rings is 1. The van der Waals surface area contributed by atoms with Crippen molar-refractivity contribution < 1.29 is 9.53 Å². The van der Waals surface area contributed by atoms with Gasteiger partial charge >= 0.3 is 0 Å². The predicted molar refractivity (Wildman–Crippen MR) is 87.5 cm³/mol. The first-order chi connectivity index (χ1) is 10.8. The van der Waals surface area contributed by atoms with Crippen molar-refractivity contribution in [2.75, 3.05) is 31.2 Å². The number of hydrazone groups is 1. The molecule has 1 amide bonds. The van der Waals surface area contributed by atoms with Crippen LogP contribution in [0.3, 0.4) is 0 Å². The highest BCUT2D eigenvalue weighted by atomic mass is 32.1. The standard InChI is InChI=1S/C15H22N4O2S/c20-14(18-17-12-4-2-1-3-5-12)10-13-11-22-15(16-13)19-6-8-21-9-7-19/h11H,1-10H2,(H,18,20). The normalized spacial score (nSPS) is 19.1. The molecule has 7 heteroatoms. The molecule has 1 aromatic rings. The lowest BCUT2D eigenvalue weighted by Crippen LogP contribution is -2.36. The van der Waals surface area contributed by atoms with Gasteiger partial charge < -0.3 is 9.64 Å². The highest BCUT2D eigenvalue weighted by Gasteiger charge is 2.16. The van der Waals surface area contributed by atoms with Gasteiger partial charge in [-0.1, -0.05) is 6.42 Å². The summed E-state index contributed by atoms with van der Waals surface area (Å²) in [5, 5.41) is 7.17. The molecule has 2 aliphatic rings. The van der Waals surface area contributed by atoms with E-state index in [-0.39, 0.29) is 12.3 Å². The van der Waals surface area contributed by atoms with E-state index in [2.05, 4.69) is 20.4 Å². The molecule has 1 saturated heterocycles. The average Bonchev–Trinajstić information content (AvgIpc) is 3.03. The molecule has 0 aromatic carbocycles. The first kappa shape index (κ1) is 15.4. The molecule has 0 bridgehead atoms. The summed E-state index contributed by atoms with van der Waals surface area (Å²) in [6.07, 6.45) is 5.96. The predicted octanol–water partition coefficient (Wildman–Crippen LogP) is 1.96. The van der Waals surface area contributed by atoms with Crippen LogP contribution < -0.4 is 10.3 Å². The largest absolute Gasteiger partial charge is 0.378 e.